The third-order valence-electron chi connectivity index (χ3n) is 8.64. The highest BCUT2D eigenvalue weighted by Gasteiger charge is 2.25. The van der Waals surface area contributed by atoms with Crippen molar-refractivity contribution in [2.45, 2.75) is 206 Å². The van der Waals surface area contributed by atoms with Crippen LogP contribution in [0.5, 0.6) is 0 Å². The average molecular weight is 651 g/mol. The molecule has 8 heteroatoms. The van der Waals surface area contributed by atoms with Gasteiger partial charge in [0.25, 0.3) is 0 Å². The van der Waals surface area contributed by atoms with Crippen molar-refractivity contribution in [2.75, 3.05) is 26.4 Å². The van der Waals surface area contributed by atoms with Gasteiger partial charge >= 0.3 is 10.4 Å². The molecule has 0 aromatic heterocycles. The highest BCUT2D eigenvalue weighted by Crippen LogP contribution is 2.19. The lowest BCUT2D eigenvalue weighted by Crippen LogP contribution is -2.37. The van der Waals surface area contributed by atoms with Crippen LogP contribution >= 0.6 is 0 Å². The molecule has 0 aliphatic carbocycles. The van der Waals surface area contributed by atoms with E-state index in [-0.39, 0.29) is 25.9 Å². The van der Waals surface area contributed by atoms with E-state index in [9.17, 15) is 13.5 Å². The van der Waals surface area contributed by atoms with E-state index in [0.717, 1.165) is 32.1 Å². The lowest BCUT2D eigenvalue weighted by molar-refractivity contribution is -0.0981. The standard InChI is InChI=1S/C36H74O7S/c1-3-5-7-9-11-13-15-17-19-21-23-25-27-29-32-41-35(36(42-33-31-37)34-43-44(38,39)40)30-28-26-24-22-20-18-16-14-12-10-8-6-4-2/h35-37H,3-34H2,1-2H3,(H,38,39,40). The van der Waals surface area contributed by atoms with E-state index < -0.39 is 16.5 Å². The summed E-state index contributed by atoms with van der Waals surface area (Å²) in [6.07, 6.45) is 34.6. The van der Waals surface area contributed by atoms with Crippen LogP contribution in [-0.4, -0.2) is 56.7 Å². The van der Waals surface area contributed by atoms with Crippen molar-refractivity contribution in [3.05, 3.63) is 0 Å². The monoisotopic (exact) mass is 651 g/mol. The molecule has 2 unspecified atom stereocenters. The summed E-state index contributed by atoms with van der Waals surface area (Å²) >= 11 is 0. The Morgan fingerprint density at radius 1 is 0.477 bits per heavy atom. The zero-order valence-corrected chi connectivity index (χ0v) is 29.9. The number of rotatable bonds is 37. The fourth-order valence-electron chi connectivity index (χ4n) is 5.89. The van der Waals surface area contributed by atoms with Crippen LogP contribution in [0.4, 0.5) is 0 Å². The Morgan fingerprint density at radius 3 is 1.18 bits per heavy atom. The zero-order valence-electron chi connectivity index (χ0n) is 29.1. The fourth-order valence-corrected chi connectivity index (χ4v) is 6.20. The molecule has 0 radical (unpaired) electrons. The average Bonchev–Trinajstić information content (AvgIpc) is 3.00. The van der Waals surface area contributed by atoms with Crippen molar-refractivity contribution in [1.82, 2.24) is 0 Å². The maximum absolute atomic E-state index is 11.2. The molecule has 0 aliphatic heterocycles. The quantitative estimate of drug-likeness (QED) is 0.0509. The summed E-state index contributed by atoms with van der Waals surface area (Å²) in [5, 5.41) is 9.27. The van der Waals surface area contributed by atoms with Gasteiger partial charge in [-0.05, 0) is 12.8 Å². The van der Waals surface area contributed by atoms with Crippen LogP contribution in [0.1, 0.15) is 194 Å². The summed E-state index contributed by atoms with van der Waals surface area (Å²) in [4.78, 5) is 0. The topological polar surface area (TPSA) is 102 Å². The minimum absolute atomic E-state index is 0.0663. The Balaban J connectivity index is 4.23. The predicted octanol–water partition coefficient (Wildman–Crippen LogP) is 10.5. The normalized spacial score (nSPS) is 13.5. The molecule has 44 heavy (non-hydrogen) atoms. The Morgan fingerprint density at radius 2 is 0.818 bits per heavy atom. The van der Waals surface area contributed by atoms with Crippen LogP contribution in [0.2, 0.25) is 0 Å². The maximum atomic E-state index is 11.2. The Labute approximate surface area is 273 Å². The highest BCUT2D eigenvalue weighted by molar-refractivity contribution is 7.80. The molecule has 0 rings (SSSR count). The summed E-state index contributed by atoms with van der Waals surface area (Å²) in [5.74, 6) is 0. The summed E-state index contributed by atoms with van der Waals surface area (Å²) in [6.45, 7) is 4.69. The maximum Gasteiger partial charge on any atom is 0.397 e. The molecule has 0 aliphatic rings. The van der Waals surface area contributed by atoms with Gasteiger partial charge in [-0.15, -0.1) is 0 Å². The van der Waals surface area contributed by atoms with Gasteiger partial charge in [0.2, 0.25) is 0 Å². The lowest BCUT2D eigenvalue weighted by Gasteiger charge is -2.27. The van der Waals surface area contributed by atoms with Crippen LogP contribution in [0.25, 0.3) is 0 Å². The Hall–Kier alpha value is -0.250. The van der Waals surface area contributed by atoms with E-state index in [2.05, 4.69) is 18.0 Å². The van der Waals surface area contributed by atoms with Crippen molar-refractivity contribution in [2.24, 2.45) is 0 Å². The summed E-state index contributed by atoms with van der Waals surface area (Å²) in [6, 6.07) is 0. The molecule has 7 nitrogen and oxygen atoms in total. The van der Waals surface area contributed by atoms with Crippen LogP contribution in [-0.2, 0) is 24.1 Å². The molecule has 2 atom stereocenters. The Kier molecular flexibility index (Phi) is 33.9. The number of unbranched alkanes of at least 4 members (excludes halogenated alkanes) is 25. The van der Waals surface area contributed by atoms with Crippen molar-refractivity contribution >= 4 is 10.4 Å². The third-order valence-corrected chi connectivity index (χ3v) is 9.08. The molecule has 0 fully saturated rings. The number of hydrogen-bond acceptors (Lipinski definition) is 6. The van der Waals surface area contributed by atoms with E-state index in [1.807, 2.05) is 0 Å². The van der Waals surface area contributed by atoms with Crippen molar-refractivity contribution in [1.29, 1.82) is 0 Å². The van der Waals surface area contributed by atoms with Crippen LogP contribution in [0.3, 0.4) is 0 Å². The first kappa shape index (κ1) is 43.8. The first-order chi connectivity index (χ1) is 21.4. The fraction of sp³-hybridized carbons (Fsp3) is 1.00. The van der Waals surface area contributed by atoms with Crippen molar-refractivity contribution < 1.29 is 31.7 Å². The lowest BCUT2D eigenvalue weighted by atomic mass is 10.0. The van der Waals surface area contributed by atoms with E-state index >= 15 is 0 Å². The van der Waals surface area contributed by atoms with Gasteiger partial charge in [-0.3, -0.25) is 4.55 Å². The second kappa shape index (κ2) is 34.1. The highest BCUT2D eigenvalue weighted by atomic mass is 32.3. The van der Waals surface area contributed by atoms with Crippen LogP contribution in [0.15, 0.2) is 0 Å². The largest absolute Gasteiger partial charge is 0.397 e. The van der Waals surface area contributed by atoms with E-state index in [1.54, 1.807) is 0 Å². The molecular weight excluding hydrogens is 576 g/mol. The first-order valence-electron chi connectivity index (χ1n) is 18.9. The molecule has 0 saturated heterocycles. The summed E-state index contributed by atoms with van der Waals surface area (Å²) in [7, 11) is -4.58. The molecule has 0 bridgehead atoms. The summed E-state index contributed by atoms with van der Waals surface area (Å²) < 4.78 is 48.1. The van der Waals surface area contributed by atoms with Gasteiger partial charge in [-0.1, -0.05) is 181 Å². The van der Waals surface area contributed by atoms with Gasteiger partial charge in [-0.2, -0.15) is 8.42 Å². The van der Waals surface area contributed by atoms with E-state index in [0.29, 0.717) is 6.61 Å². The first-order valence-corrected chi connectivity index (χ1v) is 20.3. The number of aliphatic hydroxyl groups excluding tert-OH is 1. The molecule has 2 N–H and O–H groups in total. The second-order valence-corrected chi connectivity index (χ2v) is 14.0. The molecule has 0 aromatic rings. The molecule has 0 saturated carbocycles. The molecule has 0 heterocycles. The Bertz CT molecular complexity index is 659. The molecule has 0 aromatic carbocycles. The third kappa shape index (κ3) is 33.1. The van der Waals surface area contributed by atoms with Crippen molar-refractivity contribution in [3.8, 4) is 0 Å². The molecule has 0 amide bonds. The van der Waals surface area contributed by atoms with Gasteiger partial charge in [0.15, 0.2) is 0 Å². The number of aliphatic hydroxyl groups is 1. The molecular formula is C36H74O7S. The van der Waals surface area contributed by atoms with Gasteiger partial charge in [-0.25, -0.2) is 4.18 Å². The number of ether oxygens (including phenoxy) is 2. The van der Waals surface area contributed by atoms with Gasteiger partial charge < -0.3 is 14.6 Å². The SMILES string of the molecule is CCCCCCCCCCCCCCCCOC(CCCCCCCCCCCCCCC)C(COS(=O)(=O)O)OCCO. The van der Waals surface area contributed by atoms with Gasteiger partial charge in [0.05, 0.1) is 25.9 Å². The smallest absolute Gasteiger partial charge is 0.394 e. The second-order valence-electron chi connectivity index (χ2n) is 12.9. The predicted molar refractivity (Wildman–Crippen MR) is 185 cm³/mol. The molecule has 0 spiro atoms. The van der Waals surface area contributed by atoms with Gasteiger partial charge in [0.1, 0.15) is 6.10 Å². The van der Waals surface area contributed by atoms with E-state index in [1.165, 1.54) is 148 Å². The molecule has 266 valence electrons. The van der Waals surface area contributed by atoms with Crippen LogP contribution in [0, 0.1) is 0 Å². The zero-order chi connectivity index (χ0) is 32.4. The minimum atomic E-state index is -4.58. The number of hydrogen-bond donors (Lipinski definition) is 2. The minimum Gasteiger partial charge on any atom is -0.394 e. The van der Waals surface area contributed by atoms with Crippen LogP contribution < -0.4 is 0 Å². The van der Waals surface area contributed by atoms with Gasteiger partial charge in [0, 0.05) is 6.61 Å². The van der Waals surface area contributed by atoms with E-state index in [4.69, 9.17) is 14.0 Å². The van der Waals surface area contributed by atoms with Crippen molar-refractivity contribution in [3.63, 3.8) is 0 Å². The summed E-state index contributed by atoms with van der Waals surface area (Å²) in [5.41, 5.74) is 0.